The number of alkyl halides is 1. The lowest BCUT2D eigenvalue weighted by Crippen LogP contribution is -2.31. The lowest BCUT2D eigenvalue weighted by molar-refractivity contribution is -0.193. The second-order valence-corrected chi connectivity index (χ2v) is 3.07. The summed E-state index contributed by atoms with van der Waals surface area (Å²) in [5.74, 6) is 0. The maximum absolute atomic E-state index is 5.45. The quantitative estimate of drug-likeness (QED) is 0.626. The Balaban J connectivity index is 2.29. The maximum Gasteiger partial charge on any atom is 0.155 e. The number of halogens is 1. The topological polar surface area (TPSA) is 27.7 Å². The first-order chi connectivity index (χ1) is 5.33. The first-order valence-electron chi connectivity index (χ1n) is 3.73. The summed E-state index contributed by atoms with van der Waals surface area (Å²) < 4.78 is 15.9. The highest BCUT2D eigenvalue weighted by Crippen LogP contribution is 2.06. The third kappa shape index (κ3) is 3.51. The molecule has 1 fully saturated rings. The van der Waals surface area contributed by atoms with Crippen molar-refractivity contribution < 1.29 is 14.2 Å². The smallest absolute Gasteiger partial charge is 0.155 e. The first kappa shape index (κ1) is 9.45. The van der Waals surface area contributed by atoms with E-state index < -0.39 is 0 Å². The van der Waals surface area contributed by atoms with Crippen molar-refractivity contribution in [3.05, 3.63) is 0 Å². The predicted octanol–water partition coefficient (Wildman–Crippen LogP) is 1.16. The van der Waals surface area contributed by atoms with Gasteiger partial charge in [-0.2, -0.15) is 0 Å². The van der Waals surface area contributed by atoms with Gasteiger partial charge in [0, 0.05) is 5.33 Å². The average molecular weight is 225 g/mol. The van der Waals surface area contributed by atoms with Crippen molar-refractivity contribution in [2.45, 2.75) is 19.3 Å². The van der Waals surface area contributed by atoms with Crippen LogP contribution in [-0.4, -0.2) is 37.5 Å². The fraction of sp³-hybridized carbons (Fsp3) is 1.00. The van der Waals surface area contributed by atoms with Crippen LogP contribution in [0.4, 0.5) is 0 Å². The van der Waals surface area contributed by atoms with Gasteiger partial charge < -0.3 is 14.2 Å². The largest absolute Gasteiger partial charge is 0.376 e. The standard InChI is InChI=1S/C7H13BrO3/c1-6-10-3-2-9-5-7(4-8)11-6/h6-7H,2-5H2,1H3. The van der Waals surface area contributed by atoms with Crippen molar-refractivity contribution in [3.63, 3.8) is 0 Å². The molecule has 4 heteroatoms. The molecule has 1 heterocycles. The first-order valence-corrected chi connectivity index (χ1v) is 4.86. The molecule has 2 unspecified atom stereocenters. The Hall–Kier alpha value is 0.360. The minimum Gasteiger partial charge on any atom is -0.376 e. The van der Waals surface area contributed by atoms with Crippen LogP contribution in [0, 0.1) is 0 Å². The molecule has 1 rings (SSSR count). The molecule has 0 N–H and O–H groups in total. The average Bonchev–Trinajstić information content (AvgIpc) is 1.96. The van der Waals surface area contributed by atoms with E-state index in [0.717, 1.165) is 5.33 Å². The molecule has 11 heavy (non-hydrogen) atoms. The Morgan fingerprint density at radius 3 is 3.00 bits per heavy atom. The number of hydrogen-bond donors (Lipinski definition) is 0. The predicted molar refractivity (Wildman–Crippen MR) is 44.9 cm³/mol. The minimum absolute atomic E-state index is 0.110. The van der Waals surface area contributed by atoms with Crippen LogP contribution >= 0.6 is 15.9 Å². The van der Waals surface area contributed by atoms with Gasteiger partial charge in [-0.15, -0.1) is 0 Å². The van der Waals surface area contributed by atoms with Crippen LogP contribution in [-0.2, 0) is 14.2 Å². The molecule has 0 aromatic heterocycles. The summed E-state index contributed by atoms with van der Waals surface area (Å²) >= 11 is 3.34. The molecule has 1 aliphatic rings. The molecule has 0 bridgehead atoms. The summed E-state index contributed by atoms with van der Waals surface area (Å²) in [5.41, 5.74) is 0. The van der Waals surface area contributed by atoms with Crippen molar-refractivity contribution in [1.29, 1.82) is 0 Å². The lowest BCUT2D eigenvalue weighted by atomic mass is 10.4. The van der Waals surface area contributed by atoms with Crippen LogP contribution in [0.15, 0.2) is 0 Å². The van der Waals surface area contributed by atoms with E-state index in [1.807, 2.05) is 6.92 Å². The van der Waals surface area contributed by atoms with Crippen LogP contribution in [0.2, 0.25) is 0 Å². The zero-order chi connectivity index (χ0) is 8.10. The van der Waals surface area contributed by atoms with Crippen LogP contribution in [0.5, 0.6) is 0 Å². The van der Waals surface area contributed by atoms with E-state index in [4.69, 9.17) is 14.2 Å². The van der Waals surface area contributed by atoms with Crippen LogP contribution in [0.1, 0.15) is 6.92 Å². The zero-order valence-corrected chi connectivity index (χ0v) is 8.17. The fourth-order valence-electron chi connectivity index (χ4n) is 0.918. The third-order valence-electron chi connectivity index (χ3n) is 1.44. The lowest BCUT2D eigenvalue weighted by Gasteiger charge is -2.24. The highest BCUT2D eigenvalue weighted by molar-refractivity contribution is 9.09. The summed E-state index contributed by atoms with van der Waals surface area (Å²) in [6, 6.07) is 0. The molecule has 0 radical (unpaired) electrons. The summed E-state index contributed by atoms with van der Waals surface area (Å²) in [5, 5.41) is 0.792. The number of hydrogen-bond acceptors (Lipinski definition) is 3. The summed E-state index contributed by atoms with van der Waals surface area (Å²) in [7, 11) is 0. The van der Waals surface area contributed by atoms with Gasteiger partial charge in [-0.25, -0.2) is 0 Å². The summed E-state index contributed by atoms with van der Waals surface area (Å²) in [6.07, 6.45) is 0.00625. The molecule has 0 aromatic carbocycles. The van der Waals surface area contributed by atoms with E-state index in [-0.39, 0.29) is 12.4 Å². The second-order valence-electron chi connectivity index (χ2n) is 2.43. The van der Waals surface area contributed by atoms with E-state index >= 15 is 0 Å². The molecule has 1 aliphatic heterocycles. The van der Waals surface area contributed by atoms with Gasteiger partial charge >= 0.3 is 0 Å². The van der Waals surface area contributed by atoms with E-state index in [2.05, 4.69) is 15.9 Å². The summed E-state index contributed by atoms with van der Waals surface area (Å²) in [4.78, 5) is 0. The summed E-state index contributed by atoms with van der Waals surface area (Å²) in [6.45, 7) is 3.84. The van der Waals surface area contributed by atoms with Gasteiger partial charge in [0.15, 0.2) is 6.29 Å². The number of rotatable bonds is 1. The van der Waals surface area contributed by atoms with Gasteiger partial charge in [0.2, 0.25) is 0 Å². The minimum atomic E-state index is -0.110. The Labute approximate surface area is 75.1 Å². The Morgan fingerprint density at radius 1 is 1.45 bits per heavy atom. The van der Waals surface area contributed by atoms with Gasteiger partial charge in [-0.05, 0) is 6.92 Å². The second kappa shape index (κ2) is 5.09. The van der Waals surface area contributed by atoms with E-state index in [9.17, 15) is 0 Å². The van der Waals surface area contributed by atoms with E-state index in [1.165, 1.54) is 0 Å². The highest BCUT2D eigenvalue weighted by Gasteiger charge is 2.15. The normalized spacial score (nSPS) is 34.4. The molecule has 0 saturated carbocycles. The molecule has 66 valence electrons. The van der Waals surface area contributed by atoms with Gasteiger partial charge in [0.05, 0.1) is 25.9 Å². The van der Waals surface area contributed by atoms with Crippen molar-refractivity contribution in [2.24, 2.45) is 0 Å². The van der Waals surface area contributed by atoms with Crippen LogP contribution in [0.25, 0.3) is 0 Å². The number of ether oxygens (including phenoxy) is 3. The molecule has 0 aromatic rings. The Kier molecular flexibility index (Phi) is 4.37. The highest BCUT2D eigenvalue weighted by atomic mass is 79.9. The van der Waals surface area contributed by atoms with E-state index in [0.29, 0.717) is 19.8 Å². The molecule has 0 spiro atoms. The molecule has 3 nitrogen and oxygen atoms in total. The Morgan fingerprint density at radius 2 is 2.27 bits per heavy atom. The van der Waals surface area contributed by atoms with Gasteiger partial charge in [-0.1, -0.05) is 15.9 Å². The van der Waals surface area contributed by atoms with E-state index in [1.54, 1.807) is 0 Å². The van der Waals surface area contributed by atoms with Gasteiger partial charge in [0.1, 0.15) is 0 Å². The molecule has 2 atom stereocenters. The zero-order valence-electron chi connectivity index (χ0n) is 6.59. The Bertz CT molecular complexity index is 110. The fourth-order valence-corrected chi connectivity index (χ4v) is 1.26. The molecule has 0 amide bonds. The molecular formula is C7H13BrO3. The monoisotopic (exact) mass is 224 g/mol. The molecule has 0 aliphatic carbocycles. The SMILES string of the molecule is CC1OCCOCC(CBr)O1. The van der Waals surface area contributed by atoms with Gasteiger partial charge in [0.25, 0.3) is 0 Å². The van der Waals surface area contributed by atoms with Gasteiger partial charge in [-0.3, -0.25) is 0 Å². The maximum atomic E-state index is 5.45. The van der Waals surface area contributed by atoms with Crippen molar-refractivity contribution in [2.75, 3.05) is 25.2 Å². The van der Waals surface area contributed by atoms with Crippen LogP contribution < -0.4 is 0 Å². The van der Waals surface area contributed by atoms with Crippen molar-refractivity contribution in [1.82, 2.24) is 0 Å². The molecule has 1 saturated heterocycles. The molecular weight excluding hydrogens is 212 g/mol. The van der Waals surface area contributed by atoms with Crippen LogP contribution in [0.3, 0.4) is 0 Å². The third-order valence-corrected chi connectivity index (χ3v) is 2.16. The van der Waals surface area contributed by atoms with Crippen molar-refractivity contribution >= 4 is 15.9 Å². The van der Waals surface area contributed by atoms with Crippen molar-refractivity contribution in [3.8, 4) is 0 Å².